The fourth-order valence-corrected chi connectivity index (χ4v) is 3.22. The molecule has 0 radical (unpaired) electrons. The minimum absolute atomic E-state index is 0.110. The van der Waals surface area contributed by atoms with E-state index < -0.39 is 17.8 Å². The molecule has 1 N–H and O–H groups in total. The fraction of sp³-hybridized carbons (Fsp3) is 0.150. The van der Waals surface area contributed by atoms with E-state index in [4.69, 9.17) is 4.74 Å². The van der Waals surface area contributed by atoms with E-state index >= 15 is 0 Å². The summed E-state index contributed by atoms with van der Waals surface area (Å²) in [6.07, 6.45) is 1.46. The van der Waals surface area contributed by atoms with Crippen molar-refractivity contribution >= 4 is 45.5 Å². The van der Waals surface area contributed by atoms with Gasteiger partial charge in [-0.1, -0.05) is 28.1 Å². The van der Waals surface area contributed by atoms with Crippen LogP contribution in [0.4, 0.5) is 10.5 Å². The van der Waals surface area contributed by atoms with Crippen LogP contribution in [0.1, 0.15) is 18.1 Å². The van der Waals surface area contributed by atoms with Crippen molar-refractivity contribution in [1.29, 1.82) is 0 Å². The first-order valence-electron chi connectivity index (χ1n) is 8.31. The third-order valence-electron chi connectivity index (χ3n) is 4.00. The van der Waals surface area contributed by atoms with E-state index in [1.54, 1.807) is 49.4 Å². The van der Waals surface area contributed by atoms with Gasteiger partial charge in [0.05, 0.1) is 12.3 Å². The molecule has 1 saturated heterocycles. The molecular formula is C20H17BrN2O4. The number of nitrogens with one attached hydrogen (secondary N) is 1. The number of hydrogen-bond donors (Lipinski definition) is 1. The zero-order valence-corrected chi connectivity index (χ0v) is 16.4. The van der Waals surface area contributed by atoms with Crippen molar-refractivity contribution in [2.45, 2.75) is 13.8 Å². The van der Waals surface area contributed by atoms with Crippen LogP contribution in [0.3, 0.4) is 0 Å². The van der Waals surface area contributed by atoms with Gasteiger partial charge in [0.2, 0.25) is 0 Å². The minimum Gasteiger partial charge on any atom is -0.494 e. The second kappa shape index (κ2) is 7.75. The Bertz CT molecular complexity index is 951. The predicted octanol–water partition coefficient (Wildman–Crippen LogP) is 3.82. The molecule has 0 aliphatic carbocycles. The Labute approximate surface area is 164 Å². The van der Waals surface area contributed by atoms with Gasteiger partial charge in [-0.15, -0.1) is 0 Å². The van der Waals surface area contributed by atoms with Crippen molar-refractivity contribution in [1.82, 2.24) is 5.32 Å². The highest BCUT2D eigenvalue weighted by Crippen LogP contribution is 2.27. The third-order valence-corrected chi connectivity index (χ3v) is 4.50. The van der Waals surface area contributed by atoms with Crippen molar-refractivity contribution in [3.63, 3.8) is 0 Å². The Hall–Kier alpha value is -2.93. The van der Waals surface area contributed by atoms with Crippen LogP contribution >= 0.6 is 15.9 Å². The molecule has 138 valence electrons. The molecule has 1 aliphatic heterocycles. The molecule has 6 nitrogen and oxygen atoms in total. The summed E-state index contributed by atoms with van der Waals surface area (Å²) in [6.45, 7) is 4.22. The molecule has 1 aliphatic rings. The molecule has 2 aromatic rings. The van der Waals surface area contributed by atoms with E-state index in [9.17, 15) is 14.4 Å². The fourth-order valence-electron chi connectivity index (χ4n) is 2.74. The monoisotopic (exact) mass is 428 g/mol. The number of anilines is 1. The van der Waals surface area contributed by atoms with Gasteiger partial charge in [0.1, 0.15) is 11.3 Å². The van der Waals surface area contributed by atoms with E-state index in [2.05, 4.69) is 21.2 Å². The van der Waals surface area contributed by atoms with Crippen molar-refractivity contribution in [2.24, 2.45) is 0 Å². The van der Waals surface area contributed by atoms with E-state index in [1.165, 1.54) is 6.08 Å². The third kappa shape index (κ3) is 3.93. The lowest BCUT2D eigenvalue weighted by Crippen LogP contribution is -2.54. The van der Waals surface area contributed by atoms with Gasteiger partial charge in [-0.2, -0.15) is 0 Å². The zero-order chi connectivity index (χ0) is 19.6. The van der Waals surface area contributed by atoms with Gasteiger partial charge in [-0.05, 0) is 61.4 Å². The van der Waals surface area contributed by atoms with Crippen molar-refractivity contribution in [2.75, 3.05) is 11.5 Å². The Morgan fingerprint density at radius 3 is 2.44 bits per heavy atom. The number of barbiturate groups is 1. The van der Waals surface area contributed by atoms with Gasteiger partial charge in [0.15, 0.2) is 0 Å². The molecule has 0 spiro atoms. The molecule has 0 saturated carbocycles. The normalized spacial score (nSPS) is 15.9. The van der Waals surface area contributed by atoms with E-state index in [-0.39, 0.29) is 5.57 Å². The summed E-state index contributed by atoms with van der Waals surface area (Å²) in [6, 6.07) is 11.4. The summed E-state index contributed by atoms with van der Waals surface area (Å²) in [5.41, 5.74) is 1.69. The maximum Gasteiger partial charge on any atom is 0.335 e. The van der Waals surface area contributed by atoms with Crippen LogP contribution in [0.2, 0.25) is 0 Å². The van der Waals surface area contributed by atoms with Gasteiger partial charge in [0.25, 0.3) is 11.8 Å². The second-order valence-corrected chi connectivity index (χ2v) is 6.81. The summed E-state index contributed by atoms with van der Waals surface area (Å²) in [5.74, 6) is -0.686. The average Bonchev–Trinajstić information content (AvgIpc) is 2.62. The number of ether oxygens (including phenoxy) is 1. The number of carbonyl (C=O) groups excluding carboxylic acids is 3. The molecular weight excluding hydrogens is 412 g/mol. The number of carbonyl (C=O) groups is 3. The summed E-state index contributed by atoms with van der Waals surface area (Å²) in [5, 5.41) is 2.22. The summed E-state index contributed by atoms with van der Waals surface area (Å²) in [7, 11) is 0. The maximum absolute atomic E-state index is 12.9. The van der Waals surface area contributed by atoms with E-state index in [0.717, 1.165) is 14.9 Å². The minimum atomic E-state index is -0.765. The highest BCUT2D eigenvalue weighted by Gasteiger charge is 2.37. The molecule has 7 heteroatoms. The zero-order valence-electron chi connectivity index (χ0n) is 14.8. The first-order valence-corrected chi connectivity index (χ1v) is 9.10. The topological polar surface area (TPSA) is 75.7 Å². The number of aryl methyl sites for hydroxylation is 1. The molecule has 1 heterocycles. The molecule has 0 unspecified atom stereocenters. The van der Waals surface area contributed by atoms with Gasteiger partial charge in [-0.25, -0.2) is 9.69 Å². The number of hydrogen-bond acceptors (Lipinski definition) is 4. The maximum atomic E-state index is 12.9. The van der Waals surface area contributed by atoms with Crippen LogP contribution < -0.4 is 15.0 Å². The molecule has 0 aromatic heterocycles. The highest BCUT2D eigenvalue weighted by atomic mass is 79.9. The molecule has 0 bridgehead atoms. The number of rotatable bonds is 4. The molecule has 4 amide bonds. The van der Waals surface area contributed by atoms with Crippen LogP contribution in [-0.4, -0.2) is 24.5 Å². The predicted molar refractivity (Wildman–Crippen MR) is 105 cm³/mol. The molecule has 1 fully saturated rings. The van der Waals surface area contributed by atoms with E-state index in [0.29, 0.717) is 23.6 Å². The Morgan fingerprint density at radius 2 is 1.81 bits per heavy atom. The summed E-state index contributed by atoms with van der Waals surface area (Å²) < 4.78 is 6.21. The molecule has 3 rings (SSSR count). The number of urea groups is 1. The SMILES string of the molecule is CCOc1ccc(/C=C2/C(=O)NC(=O)N(c3ccc(Br)cc3C)C2=O)cc1. The molecule has 0 atom stereocenters. The first kappa shape index (κ1) is 18.8. The largest absolute Gasteiger partial charge is 0.494 e. The van der Waals surface area contributed by atoms with Crippen molar-refractivity contribution in [3.05, 3.63) is 63.6 Å². The van der Waals surface area contributed by atoms with Gasteiger partial charge < -0.3 is 4.74 Å². The molecule has 27 heavy (non-hydrogen) atoms. The Balaban J connectivity index is 1.97. The smallest absolute Gasteiger partial charge is 0.335 e. The summed E-state index contributed by atoms with van der Waals surface area (Å²) in [4.78, 5) is 38.4. The van der Waals surface area contributed by atoms with Gasteiger partial charge in [0, 0.05) is 4.47 Å². The number of nitrogens with zero attached hydrogens (tertiary/aromatic N) is 1. The number of benzene rings is 2. The average molecular weight is 429 g/mol. The van der Waals surface area contributed by atoms with Crippen molar-refractivity contribution < 1.29 is 19.1 Å². The van der Waals surface area contributed by atoms with Gasteiger partial charge in [-0.3, -0.25) is 14.9 Å². The van der Waals surface area contributed by atoms with Gasteiger partial charge >= 0.3 is 6.03 Å². The Morgan fingerprint density at radius 1 is 1.11 bits per heavy atom. The quantitative estimate of drug-likeness (QED) is 0.592. The first-order chi connectivity index (χ1) is 12.9. The van der Waals surface area contributed by atoms with Crippen LogP contribution in [-0.2, 0) is 9.59 Å². The highest BCUT2D eigenvalue weighted by molar-refractivity contribution is 9.10. The van der Waals surface area contributed by atoms with Crippen LogP contribution in [0, 0.1) is 6.92 Å². The van der Waals surface area contributed by atoms with Crippen LogP contribution in [0.25, 0.3) is 6.08 Å². The van der Waals surface area contributed by atoms with E-state index in [1.807, 2.05) is 6.92 Å². The number of amides is 4. The lowest BCUT2D eigenvalue weighted by molar-refractivity contribution is -0.122. The standard InChI is InChI=1S/C20H17BrN2O4/c1-3-27-15-7-4-13(5-8-15)11-16-18(24)22-20(26)23(19(16)25)17-9-6-14(21)10-12(17)2/h4-11H,3H2,1-2H3,(H,22,24,26)/b16-11-. The Kier molecular flexibility index (Phi) is 5.41. The lowest BCUT2D eigenvalue weighted by Gasteiger charge is -2.27. The lowest BCUT2D eigenvalue weighted by atomic mass is 10.1. The number of halogens is 1. The second-order valence-electron chi connectivity index (χ2n) is 5.89. The molecule has 2 aromatic carbocycles. The van der Waals surface area contributed by atoms with Crippen LogP contribution in [0.5, 0.6) is 5.75 Å². The number of imide groups is 2. The summed E-state index contributed by atoms with van der Waals surface area (Å²) >= 11 is 3.35. The van der Waals surface area contributed by atoms with Crippen molar-refractivity contribution in [3.8, 4) is 5.75 Å². The van der Waals surface area contributed by atoms with Crippen LogP contribution in [0.15, 0.2) is 52.5 Å².